The zero-order chi connectivity index (χ0) is 19.9. The van der Waals surface area contributed by atoms with E-state index in [-0.39, 0.29) is 22.8 Å². The zero-order valence-corrected chi connectivity index (χ0v) is 15.6. The molecule has 0 unspecified atom stereocenters. The average Bonchev–Trinajstić information content (AvgIpc) is 2.70. The van der Waals surface area contributed by atoms with E-state index in [2.05, 4.69) is 10.6 Å². The highest BCUT2D eigenvalue weighted by Crippen LogP contribution is 2.13. The number of hydrogen-bond donors (Lipinski definition) is 1. The first kappa shape index (κ1) is 20.4. The Morgan fingerprint density at radius 2 is 1.81 bits per heavy atom. The van der Waals surface area contributed by atoms with Gasteiger partial charge in [0.05, 0.1) is 17.0 Å². The van der Waals surface area contributed by atoms with Crippen molar-refractivity contribution in [1.82, 2.24) is 4.72 Å². The van der Waals surface area contributed by atoms with Crippen molar-refractivity contribution in [2.24, 2.45) is 0 Å². The first-order valence-electron chi connectivity index (χ1n) is 8.20. The Morgan fingerprint density at radius 3 is 2.44 bits per heavy atom. The maximum atomic E-state index is 12.2. The van der Waals surface area contributed by atoms with Crippen LogP contribution in [0, 0.1) is 12.3 Å². The molecule has 7 heteroatoms. The Bertz CT molecular complexity index is 972. The van der Waals surface area contributed by atoms with Gasteiger partial charge < -0.3 is 4.74 Å². The van der Waals surface area contributed by atoms with Gasteiger partial charge in [0.25, 0.3) is 0 Å². The molecule has 0 spiro atoms. The molecule has 0 aromatic heterocycles. The van der Waals surface area contributed by atoms with Gasteiger partial charge in [0.2, 0.25) is 10.0 Å². The first-order valence-corrected chi connectivity index (χ1v) is 9.68. The van der Waals surface area contributed by atoms with Crippen LogP contribution in [0.2, 0.25) is 0 Å². The van der Waals surface area contributed by atoms with Gasteiger partial charge >= 0.3 is 5.97 Å². The Labute approximate surface area is 158 Å². The summed E-state index contributed by atoms with van der Waals surface area (Å²) in [5, 5.41) is 0. The minimum Gasteiger partial charge on any atom is -0.454 e. The number of aryl methyl sites for hydroxylation is 1. The average molecular weight is 385 g/mol. The molecule has 0 fully saturated rings. The SMILES string of the molecule is C#CCNS(=O)(=O)c1cccc(C(=O)OCC(=O)c2ccc(CC)cc2)c1. The summed E-state index contributed by atoms with van der Waals surface area (Å²) in [6.07, 6.45) is 5.90. The summed E-state index contributed by atoms with van der Waals surface area (Å²) < 4.78 is 31.3. The lowest BCUT2D eigenvalue weighted by molar-refractivity contribution is 0.0474. The van der Waals surface area contributed by atoms with E-state index in [1.165, 1.54) is 24.3 Å². The lowest BCUT2D eigenvalue weighted by Gasteiger charge is -2.07. The molecule has 0 aliphatic heterocycles. The van der Waals surface area contributed by atoms with E-state index in [1.54, 1.807) is 12.1 Å². The summed E-state index contributed by atoms with van der Waals surface area (Å²) in [7, 11) is -3.83. The van der Waals surface area contributed by atoms with Crippen molar-refractivity contribution in [3.8, 4) is 12.3 Å². The summed E-state index contributed by atoms with van der Waals surface area (Å²) in [5.74, 6) is 1.04. The third-order valence-corrected chi connectivity index (χ3v) is 5.16. The summed E-state index contributed by atoms with van der Waals surface area (Å²) in [4.78, 5) is 24.2. The summed E-state index contributed by atoms with van der Waals surface area (Å²) in [5.41, 5.74) is 1.56. The fourth-order valence-electron chi connectivity index (χ4n) is 2.23. The number of carbonyl (C=O) groups excluding carboxylic acids is 2. The van der Waals surface area contributed by atoms with Gasteiger partial charge in [0, 0.05) is 5.56 Å². The van der Waals surface area contributed by atoms with Crippen molar-refractivity contribution in [2.45, 2.75) is 18.2 Å². The topological polar surface area (TPSA) is 89.5 Å². The second-order valence-corrected chi connectivity index (χ2v) is 7.37. The standard InChI is InChI=1S/C20H19NO5S/c1-3-12-21-27(24,25)18-7-5-6-17(13-18)20(23)26-14-19(22)16-10-8-15(4-2)9-11-16/h1,5-11,13,21H,4,12,14H2,2H3. The van der Waals surface area contributed by atoms with Crippen LogP contribution in [0.1, 0.15) is 33.2 Å². The maximum Gasteiger partial charge on any atom is 0.338 e. The zero-order valence-electron chi connectivity index (χ0n) is 14.8. The van der Waals surface area contributed by atoms with Gasteiger partial charge in [-0.3, -0.25) is 4.79 Å². The van der Waals surface area contributed by atoms with Crippen LogP contribution < -0.4 is 4.72 Å². The Hall–Kier alpha value is -2.95. The van der Waals surface area contributed by atoms with Crippen molar-refractivity contribution in [3.05, 3.63) is 65.2 Å². The second kappa shape index (κ2) is 9.12. The quantitative estimate of drug-likeness (QED) is 0.427. The number of benzene rings is 2. The van der Waals surface area contributed by atoms with E-state index in [4.69, 9.17) is 11.2 Å². The van der Waals surface area contributed by atoms with E-state index >= 15 is 0 Å². The minimum absolute atomic E-state index is 0.0210. The third-order valence-electron chi connectivity index (χ3n) is 3.76. The molecule has 0 heterocycles. The molecule has 2 aromatic rings. The Morgan fingerprint density at radius 1 is 1.11 bits per heavy atom. The monoisotopic (exact) mass is 385 g/mol. The Balaban J connectivity index is 2.04. The van der Waals surface area contributed by atoms with Gasteiger partial charge in [-0.15, -0.1) is 6.42 Å². The predicted molar refractivity (Wildman–Crippen MR) is 101 cm³/mol. The molecule has 0 bridgehead atoms. The molecule has 0 amide bonds. The van der Waals surface area contributed by atoms with Gasteiger partial charge in [-0.05, 0) is 30.2 Å². The molecule has 0 radical (unpaired) electrons. The number of Topliss-reactive ketones (excluding diaryl/α,β-unsaturated/α-hetero) is 1. The molecule has 0 saturated heterocycles. The van der Waals surface area contributed by atoms with Crippen LogP contribution in [-0.2, 0) is 21.2 Å². The van der Waals surface area contributed by atoms with Crippen LogP contribution in [0.25, 0.3) is 0 Å². The number of nitrogens with one attached hydrogen (secondary N) is 1. The third kappa shape index (κ3) is 5.51. The fourth-order valence-corrected chi connectivity index (χ4v) is 3.21. The highest BCUT2D eigenvalue weighted by Gasteiger charge is 2.17. The second-order valence-electron chi connectivity index (χ2n) is 5.61. The number of esters is 1. The van der Waals surface area contributed by atoms with Gasteiger partial charge in [-0.25, -0.2) is 13.2 Å². The molecular weight excluding hydrogens is 366 g/mol. The first-order chi connectivity index (χ1) is 12.9. The largest absolute Gasteiger partial charge is 0.454 e. The minimum atomic E-state index is -3.83. The van der Waals surface area contributed by atoms with Gasteiger partial charge in [-0.2, -0.15) is 4.72 Å². The summed E-state index contributed by atoms with van der Waals surface area (Å²) >= 11 is 0. The predicted octanol–water partition coefficient (Wildman–Crippen LogP) is 2.20. The number of hydrogen-bond acceptors (Lipinski definition) is 5. The van der Waals surface area contributed by atoms with Crippen LogP contribution in [0.5, 0.6) is 0 Å². The van der Waals surface area contributed by atoms with Gasteiger partial charge in [0.1, 0.15) is 0 Å². The molecule has 1 N–H and O–H groups in total. The molecule has 0 aliphatic carbocycles. The van der Waals surface area contributed by atoms with Crippen molar-refractivity contribution in [3.63, 3.8) is 0 Å². The van der Waals surface area contributed by atoms with Crippen LogP contribution in [-0.4, -0.2) is 33.3 Å². The lowest BCUT2D eigenvalue weighted by Crippen LogP contribution is -2.24. The molecule has 0 saturated carbocycles. The van der Waals surface area contributed by atoms with Gasteiger partial charge in [0.15, 0.2) is 12.4 Å². The molecule has 0 aliphatic rings. The molecule has 0 atom stereocenters. The van der Waals surface area contributed by atoms with Crippen LogP contribution in [0.4, 0.5) is 0 Å². The lowest BCUT2D eigenvalue weighted by atomic mass is 10.1. The van der Waals surface area contributed by atoms with Crippen LogP contribution >= 0.6 is 0 Å². The number of ketones is 1. The Kier molecular flexibility index (Phi) is 6.88. The molecule has 140 valence electrons. The normalized spacial score (nSPS) is 10.8. The summed E-state index contributed by atoms with van der Waals surface area (Å²) in [6, 6.07) is 12.4. The maximum absolute atomic E-state index is 12.2. The summed E-state index contributed by atoms with van der Waals surface area (Å²) in [6.45, 7) is 1.41. The highest BCUT2D eigenvalue weighted by atomic mass is 32.2. The molecule has 6 nitrogen and oxygen atoms in total. The van der Waals surface area contributed by atoms with Crippen molar-refractivity contribution >= 4 is 21.8 Å². The molecule has 27 heavy (non-hydrogen) atoms. The van der Waals surface area contributed by atoms with Crippen LogP contribution in [0.3, 0.4) is 0 Å². The van der Waals surface area contributed by atoms with E-state index < -0.39 is 22.6 Å². The van der Waals surface area contributed by atoms with E-state index in [0.29, 0.717) is 5.56 Å². The smallest absolute Gasteiger partial charge is 0.338 e. The molecule has 2 rings (SSSR count). The number of terminal acetylenes is 1. The number of carbonyl (C=O) groups is 2. The van der Waals surface area contributed by atoms with E-state index in [1.807, 2.05) is 19.1 Å². The molecule has 2 aromatic carbocycles. The van der Waals surface area contributed by atoms with Gasteiger partial charge in [-0.1, -0.05) is 43.2 Å². The van der Waals surface area contributed by atoms with Crippen LogP contribution in [0.15, 0.2) is 53.4 Å². The number of ether oxygens (including phenoxy) is 1. The fraction of sp³-hybridized carbons (Fsp3) is 0.200. The van der Waals surface area contributed by atoms with Crippen molar-refractivity contribution in [1.29, 1.82) is 0 Å². The number of rotatable bonds is 8. The van der Waals surface area contributed by atoms with E-state index in [0.717, 1.165) is 12.0 Å². The van der Waals surface area contributed by atoms with Crippen molar-refractivity contribution in [2.75, 3.05) is 13.2 Å². The van der Waals surface area contributed by atoms with Crippen molar-refractivity contribution < 1.29 is 22.7 Å². The molecular formula is C20H19NO5S. The highest BCUT2D eigenvalue weighted by molar-refractivity contribution is 7.89. The van der Waals surface area contributed by atoms with E-state index in [9.17, 15) is 18.0 Å². The number of sulfonamides is 1.